The van der Waals surface area contributed by atoms with Crippen LogP contribution in [0.4, 0.5) is 0 Å². The smallest absolute Gasteiger partial charge is 0.217 e. The quantitative estimate of drug-likeness (QED) is 0.612. The van der Waals surface area contributed by atoms with Gasteiger partial charge in [0.1, 0.15) is 0 Å². The molecule has 1 N–H and O–H groups in total. The molecule has 0 aliphatic carbocycles. The van der Waals surface area contributed by atoms with Crippen molar-refractivity contribution in [2.45, 2.75) is 52.2 Å². The summed E-state index contributed by atoms with van der Waals surface area (Å²) >= 11 is 0. The summed E-state index contributed by atoms with van der Waals surface area (Å²) in [6.07, 6.45) is 2.77. The molecule has 0 heterocycles. The van der Waals surface area contributed by atoms with Crippen LogP contribution in [0.15, 0.2) is 0 Å². The maximum atomic E-state index is 12.3. The largest absolute Gasteiger partial charge is 0.315 e. The van der Waals surface area contributed by atoms with Gasteiger partial charge >= 0.3 is 0 Å². The van der Waals surface area contributed by atoms with Crippen molar-refractivity contribution in [3.8, 4) is 0 Å². The Hall–Kier alpha value is -0.130. The Balaban J connectivity index is 4.47. The molecule has 1 atom stereocenters. The van der Waals surface area contributed by atoms with Crippen molar-refractivity contribution in [3.05, 3.63) is 0 Å². The number of nitrogens with zero attached hydrogens (tertiary/aromatic N) is 1. The number of hydrogen-bond acceptors (Lipinski definition) is 3. The second kappa shape index (κ2) is 8.89. The fraction of sp³-hybridized carbons (Fsp3) is 1.00. The SMILES string of the molecule is CCCNCC(C)S(=O)(=O)N(CCC)CCC. The molecule has 1 unspecified atom stereocenters. The van der Waals surface area contributed by atoms with Gasteiger partial charge in [0.2, 0.25) is 10.0 Å². The van der Waals surface area contributed by atoms with Crippen LogP contribution in [0.5, 0.6) is 0 Å². The van der Waals surface area contributed by atoms with Crippen molar-refractivity contribution >= 4 is 10.0 Å². The van der Waals surface area contributed by atoms with E-state index in [4.69, 9.17) is 0 Å². The Morgan fingerprint density at radius 2 is 1.59 bits per heavy atom. The topological polar surface area (TPSA) is 49.4 Å². The molecular weight excluding hydrogens is 236 g/mol. The lowest BCUT2D eigenvalue weighted by atomic mass is 10.4. The normalized spacial score (nSPS) is 14.2. The standard InChI is InChI=1S/C12H28N2O2S/c1-5-8-13-11-12(4)17(15,16)14(9-6-2)10-7-3/h12-13H,5-11H2,1-4H3. The third kappa shape index (κ3) is 5.84. The molecule has 0 rings (SSSR count). The van der Waals surface area contributed by atoms with Crippen molar-refractivity contribution in [2.75, 3.05) is 26.2 Å². The second-order valence-corrected chi connectivity index (χ2v) is 6.81. The number of sulfonamides is 1. The first-order valence-electron chi connectivity index (χ1n) is 6.70. The molecule has 17 heavy (non-hydrogen) atoms. The summed E-state index contributed by atoms with van der Waals surface area (Å²) in [6, 6.07) is 0. The highest BCUT2D eigenvalue weighted by Crippen LogP contribution is 2.10. The summed E-state index contributed by atoms with van der Waals surface area (Å²) in [5.74, 6) is 0. The van der Waals surface area contributed by atoms with Crippen LogP contribution in [0, 0.1) is 0 Å². The average molecular weight is 264 g/mol. The van der Waals surface area contributed by atoms with E-state index in [1.807, 2.05) is 13.8 Å². The fourth-order valence-corrected chi connectivity index (χ4v) is 3.42. The van der Waals surface area contributed by atoms with Crippen molar-refractivity contribution in [3.63, 3.8) is 0 Å². The van der Waals surface area contributed by atoms with Crippen molar-refractivity contribution in [2.24, 2.45) is 0 Å². The molecule has 0 aromatic heterocycles. The number of rotatable bonds is 10. The van der Waals surface area contributed by atoms with E-state index in [2.05, 4.69) is 12.2 Å². The molecule has 5 heteroatoms. The van der Waals surface area contributed by atoms with Gasteiger partial charge in [0.25, 0.3) is 0 Å². The van der Waals surface area contributed by atoms with E-state index in [1.165, 1.54) is 0 Å². The molecule has 0 aromatic carbocycles. The van der Waals surface area contributed by atoms with Crippen LogP contribution in [0.25, 0.3) is 0 Å². The molecule has 0 radical (unpaired) electrons. The summed E-state index contributed by atoms with van der Waals surface area (Å²) in [5, 5.41) is 2.83. The Morgan fingerprint density at radius 1 is 1.06 bits per heavy atom. The minimum absolute atomic E-state index is 0.341. The molecule has 0 spiro atoms. The highest BCUT2D eigenvalue weighted by molar-refractivity contribution is 7.89. The highest BCUT2D eigenvalue weighted by Gasteiger charge is 2.26. The Morgan fingerprint density at radius 3 is 2.00 bits per heavy atom. The maximum absolute atomic E-state index is 12.3. The maximum Gasteiger partial charge on any atom is 0.217 e. The first-order valence-corrected chi connectivity index (χ1v) is 8.20. The Bertz CT molecular complexity index is 272. The van der Waals surface area contributed by atoms with Crippen molar-refractivity contribution in [1.29, 1.82) is 0 Å². The van der Waals surface area contributed by atoms with E-state index < -0.39 is 10.0 Å². The van der Waals surface area contributed by atoms with E-state index >= 15 is 0 Å². The summed E-state index contributed by atoms with van der Waals surface area (Å²) in [7, 11) is -3.14. The Kier molecular flexibility index (Phi) is 8.82. The van der Waals surface area contributed by atoms with E-state index in [9.17, 15) is 8.42 Å². The van der Waals surface area contributed by atoms with Gasteiger partial charge in [-0.1, -0.05) is 20.8 Å². The van der Waals surface area contributed by atoms with E-state index in [0.717, 1.165) is 25.8 Å². The lowest BCUT2D eigenvalue weighted by Crippen LogP contribution is -2.42. The van der Waals surface area contributed by atoms with E-state index in [1.54, 1.807) is 11.2 Å². The van der Waals surface area contributed by atoms with Gasteiger partial charge in [-0.15, -0.1) is 0 Å². The zero-order chi connectivity index (χ0) is 13.3. The predicted octanol–water partition coefficient (Wildman–Crippen LogP) is 1.83. The number of nitrogens with one attached hydrogen (secondary N) is 1. The second-order valence-electron chi connectivity index (χ2n) is 4.46. The van der Waals surface area contributed by atoms with Gasteiger partial charge in [-0.25, -0.2) is 12.7 Å². The Labute approximate surface area is 107 Å². The lowest BCUT2D eigenvalue weighted by Gasteiger charge is -2.25. The summed E-state index contributed by atoms with van der Waals surface area (Å²) in [4.78, 5) is 0. The third-order valence-corrected chi connectivity index (χ3v) is 4.94. The van der Waals surface area contributed by atoms with Crippen LogP contribution in [0.3, 0.4) is 0 Å². The van der Waals surface area contributed by atoms with Crippen LogP contribution in [0.2, 0.25) is 0 Å². The third-order valence-electron chi connectivity index (χ3n) is 2.67. The summed E-state index contributed by atoms with van der Waals surface area (Å²) in [6.45, 7) is 10.6. The molecule has 0 aliphatic heterocycles. The van der Waals surface area contributed by atoms with Crippen LogP contribution in [0.1, 0.15) is 47.0 Å². The molecule has 104 valence electrons. The van der Waals surface area contributed by atoms with Gasteiger partial charge < -0.3 is 5.32 Å². The van der Waals surface area contributed by atoms with Gasteiger partial charge in [0.05, 0.1) is 5.25 Å². The summed E-state index contributed by atoms with van der Waals surface area (Å²) in [5.41, 5.74) is 0. The first kappa shape index (κ1) is 16.9. The zero-order valence-corrected chi connectivity index (χ0v) is 12.5. The monoisotopic (exact) mass is 264 g/mol. The highest BCUT2D eigenvalue weighted by atomic mass is 32.2. The van der Waals surface area contributed by atoms with Gasteiger partial charge in [0.15, 0.2) is 0 Å². The minimum atomic E-state index is -3.14. The molecule has 0 saturated carbocycles. The van der Waals surface area contributed by atoms with Crippen molar-refractivity contribution < 1.29 is 8.42 Å². The molecule has 0 amide bonds. The predicted molar refractivity (Wildman–Crippen MR) is 73.7 cm³/mol. The van der Waals surface area contributed by atoms with Gasteiger partial charge in [0, 0.05) is 19.6 Å². The summed E-state index contributed by atoms with van der Waals surface area (Å²) < 4.78 is 26.2. The van der Waals surface area contributed by atoms with Crippen LogP contribution < -0.4 is 5.32 Å². The number of hydrogen-bond donors (Lipinski definition) is 1. The van der Waals surface area contributed by atoms with E-state index in [-0.39, 0.29) is 5.25 Å². The molecule has 0 bridgehead atoms. The molecule has 4 nitrogen and oxygen atoms in total. The van der Waals surface area contributed by atoms with Gasteiger partial charge in [-0.2, -0.15) is 0 Å². The fourth-order valence-electron chi connectivity index (χ4n) is 1.71. The molecule has 0 aromatic rings. The van der Waals surface area contributed by atoms with Crippen LogP contribution >= 0.6 is 0 Å². The molecular formula is C12H28N2O2S. The van der Waals surface area contributed by atoms with Gasteiger partial charge in [-0.05, 0) is 32.7 Å². The van der Waals surface area contributed by atoms with Gasteiger partial charge in [-0.3, -0.25) is 0 Å². The molecule has 0 fully saturated rings. The minimum Gasteiger partial charge on any atom is -0.315 e. The van der Waals surface area contributed by atoms with Crippen LogP contribution in [-0.2, 0) is 10.0 Å². The first-order chi connectivity index (χ1) is 8.00. The molecule has 0 saturated heterocycles. The zero-order valence-electron chi connectivity index (χ0n) is 11.7. The molecule has 0 aliphatic rings. The van der Waals surface area contributed by atoms with Crippen LogP contribution in [-0.4, -0.2) is 44.2 Å². The van der Waals surface area contributed by atoms with E-state index in [0.29, 0.717) is 19.6 Å². The van der Waals surface area contributed by atoms with Crippen molar-refractivity contribution in [1.82, 2.24) is 9.62 Å². The lowest BCUT2D eigenvalue weighted by molar-refractivity contribution is 0.402. The average Bonchev–Trinajstić information content (AvgIpc) is 2.29.